The van der Waals surface area contributed by atoms with Gasteiger partial charge >= 0.3 is 0 Å². The predicted octanol–water partition coefficient (Wildman–Crippen LogP) is 4.61. The van der Waals surface area contributed by atoms with Crippen LogP contribution in [-0.2, 0) is 11.3 Å². The number of thioether (sulfide) groups is 1. The summed E-state index contributed by atoms with van der Waals surface area (Å²) in [4.78, 5) is 28.0. The Bertz CT molecular complexity index is 1130. The third kappa shape index (κ3) is 6.80. The van der Waals surface area contributed by atoms with Crippen LogP contribution in [-0.4, -0.2) is 66.4 Å². The number of ether oxygens (including phenoxy) is 1. The summed E-state index contributed by atoms with van der Waals surface area (Å²) in [7, 11) is 1.97. The van der Waals surface area contributed by atoms with Crippen molar-refractivity contribution in [2.45, 2.75) is 18.6 Å². The molecule has 1 aliphatic rings. The van der Waals surface area contributed by atoms with Gasteiger partial charge in [0.1, 0.15) is 16.7 Å². The topological polar surface area (TPSA) is 61.8 Å². The molecule has 1 aliphatic heterocycles. The highest BCUT2D eigenvalue weighted by Crippen LogP contribution is 2.29. The third-order valence-electron chi connectivity index (χ3n) is 5.78. The van der Waals surface area contributed by atoms with Crippen LogP contribution < -0.4 is 14.5 Å². The van der Waals surface area contributed by atoms with Gasteiger partial charge in [0.2, 0.25) is 5.91 Å². The van der Waals surface area contributed by atoms with Gasteiger partial charge in [-0.3, -0.25) is 4.79 Å². The molecule has 0 spiro atoms. The number of benzene rings is 2. The van der Waals surface area contributed by atoms with Gasteiger partial charge in [-0.05, 0) is 24.6 Å². The molecule has 1 aromatic heterocycles. The highest BCUT2D eigenvalue weighted by Gasteiger charge is 2.23. The fourth-order valence-corrected chi connectivity index (χ4v) is 4.98. The molecule has 7 nitrogen and oxygen atoms in total. The first-order chi connectivity index (χ1) is 17.0. The van der Waals surface area contributed by atoms with Crippen LogP contribution in [0.15, 0.2) is 65.8 Å². The van der Waals surface area contributed by atoms with Gasteiger partial charge < -0.3 is 19.4 Å². The number of halogens is 1. The Labute approximate surface area is 216 Å². The van der Waals surface area contributed by atoms with Crippen molar-refractivity contribution in [3.63, 3.8) is 0 Å². The van der Waals surface area contributed by atoms with Crippen LogP contribution in [0.3, 0.4) is 0 Å². The number of hydrogen-bond donors (Lipinski definition) is 0. The molecule has 0 atom stereocenters. The Morgan fingerprint density at radius 2 is 1.77 bits per heavy atom. The van der Waals surface area contributed by atoms with Crippen molar-refractivity contribution in [3.8, 4) is 5.75 Å². The molecule has 0 bridgehead atoms. The van der Waals surface area contributed by atoms with E-state index in [1.807, 2.05) is 60.2 Å². The number of carbonyl (C=O) groups excluding carboxylic acids is 1. The lowest BCUT2D eigenvalue weighted by molar-refractivity contribution is -0.128. The number of amides is 1. The molecule has 9 heteroatoms. The zero-order valence-electron chi connectivity index (χ0n) is 20.1. The molecule has 4 rings (SSSR count). The van der Waals surface area contributed by atoms with Gasteiger partial charge in [-0.15, -0.1) is 0 Å². The quantitative estimate of drug-likeness (QED) is 0.236. The monoisotopic (exact) mass is 511 g/mol. The number of carbonyl (C=O) groups is 1. The normalized spacial score (nSPS) is 13.6. The number of nitrogens with zero attached hydrogens (tertiary/aromatic N) is 5. The number of rotatable bonds is 9. The van der Waals surface area contributed by atoms with Crippen molar-refractivity contribution in [1.82, 2.24) is 14.9 Å². The number of hydrogen-bond acceptors (Lipinski definition) is 7. The van der Waals surface area contributed by atoms with E-state index < -0.39 is 0 Å². The number of piperazine rings is 1. The lowest BCUT2D eigenvalue weighted by Gasteiger charge is -2.36. The van der Waals surface area contributed by atoms with Crippen LogP contribution in [0.25, 0.3) is 0 Å². The summed E-state index contributed by atoms with van der Waals surface area (Å²) >= 11 is 7.59. The van der Waals surface area contributed by atoms with E-state index in [4.69, 9.17) is 16.3 Å². The second-order valence-electron chi connectivity index (χ2n) is 8.23. The maximum Gasteiger partial charge on any atom is 0.233 e. The lowest BCUT2D eigenvalue weighted by Crippen LogP contribution is -2.49. The van der Waals surface area contributed by atoms with E-state index in [2.05, 4.69) is 33.1 Å². The average molecular weight is 512 g/mol. The van der Waals surface area contributed by atoms with Crippen molar-refractivity contribution in [2.24, 2.45) is 0 Å². The van der Waals surface area contributed by atoms with E-state index in [1.54, 1.807) is 6.07 Å². The SMILES string of the molecule is CCOc1ccccc1N1CCN(C(=O)CSc2nc(Cl)cc(N(C)Cc3ccccc3)n2)CC1. The zero-order valence-corrected chi connectivity index (χ0v) is 21.6. The average Bonchev–Trinajstić information content (AvgIpc) is 2.88. The van der Waals surface area contributed by atoms with Crippen molar-refractivity contribution in [2.75, 3.05) is 55.4 Å². The van der Waals surface area contributed by atoms with E-state index in [1.165, 1.54) is 17.3 Å². The summed E-state index contributed by atoms with van der Waals surface area (Å²) in [5.41, 5.74) is 2.26. The second-order valence-corrected chi connectivity index (χ2v) is 9.56. The minimum atomic E-state index is 0.0792. The fourth-order valence-electron chi connectivity index (χ4n) is 3.99. The van der Waals surface area contributed by atoms with Gasteiger partial charge in [0.15, 0.2) is 5.16 Å². The molecule has 0 aliphatic carbocycles. The van der Waals surface area contributed by atoms with Gasteiger partial charge in [-0.25, -0.2) is 9.97 Å². The standard InChI is InChI=1S/C26H30ClN5O2S/c1-3-34-22-12-8-7-11-21(22)31-13-15-32(16-14-31)25(33)19-35-26-28-23(27)17-24(29-26)30(2)18-20-9-5-4-6-10-20/h4-12,17H,3,13-16,18-19H2,1-2H3. The van der Waals surface area contributed by atoms with Crippen LogP contribution in [0.5, 0.6) is 5.75 Å². The summed E-state index contributed by atoms with van der Waals surface area (Å²) in [6, 6.07) is 20.0. The minimum absolute atomic E-state index is 0.0792. The van der Waals surface area contributed by atoms with Crippen molar-refractivity contribution in [3.05, 3.63) is 71.4 Å². The van der Waals surface area contributed by atoms with E-state index >= 15 is 0 Å². The van der Waals surface area contributed by atoms with Crippen LogP contribution in [0.4, 0.5) is 11.5 Å². The Kier molecular flexibility index (Phi) is 8.71. The molecule has 0 unspecified atom stereocenters. The number of para-hydroxylation sites is 2. The van der Waals surface area contributed by atoms with Gasteiger partial charge in [0.25, 0.3) is 0 Å². The van der Waals surface area contributed by atoms with Gasteiger partial charge in [-0.1, -0.05) is 65.8 Å². The van der Waals surface area contributed by atoms with E-state index in [9.17, 15) is 4.79 Å². The largest absolute Gasteiger partial charge is 0.492 e. The lowest BCUT2D eigenvalue weighted by atomic mass is 10.2. The summed E-state index contributed by atoms with van der Waals surface area (Å²) in [6.07, 6.45) is 0. The Morgan fingerprint density at radius 3 is 2.51 bits per heavy atom. The Balaban J connectivity index is 1.31. The summed E-state index contributed by atoms with van der Waals surface area (Å²) in [6.45, 7) is 6.18. The summed E-state index contributed by atoms with van der Waals surface area (Å²) < 4.78 is 5.77. The maximum atomic E-state index is 12.9. The molecule has 1 amide bonds. The number of anilines is 2. The molecular formula is C26H30ClN5O2S. The zero-order chi connectivity index (χ0) is 24.6. The van der Waals surface area contributed by atoms with Gasteiger partial charge in [0.05, 0.1) is 18.0 Å². The molecule has 2 aromatic carbocycles. The summed E-state index contributed by atoms with van der Waals surface area (Å²) in [5, 5.41) is 0.872. The molecule has 35 heavy (non-hydrogen) atoms. The van der Waals surface area contributed by atoms with Crippen molar-refractivity contribution >= 4 is 40.8 Å². The van der Waals surface area contributed by atoms with Crippen LogP contribution >= 0.6 is 23.4 Å². The van der Waals surface area contributed by atoms with Crippen molar-refractivity contribution in [1.29, 1.82) is 0 Å². The van der Waals surface area contributed by atoms with Crippen LogP contribution in [0.2, 0.25) is 5.15 Å². The molecule has 184 valence electrons. The highest BCUT2D eigenvalue weighted by atomic mass is 35.5. The maximum absolute atomic E-state index is 12.9. The fraction of sp³-hybridized carbons (Fsp3) is 0.346. The molecule has 1 saturated heterocycles. The molecule has 3 aromatic rings. The Hall–Kier alpha value is -2.97. The molecule has 0 N–H and O–H groups in total. The first kappa shape index (κ1) is 25.1. The first-order valence-corrected chi connectivity index (χ1v) is 13.1. The molecule has 1 fully saturated rings. The van der Waals surface area contributed by atoms with E-state index in [0.717, 1.165) is 30.3 Å². The third-order valence-corrected chi connectivity index (χ3v) is 6.80. The van der Waals surface area contributed by atoms with Gasteiger partial charge in [0, 0.05) is 45.8 Å². The van der Waals surface area contributed by atoms with E-state index in [-0.39, 0.29) is 11.7 Å². The van der Waals surface area contributed by atoms with Gasteiger partial charge in [-0.2, -0.15) is 0 Å². The smallest absolute Gasteiger partial charge is 0.233 e. The molecule has 0 saturated carbocycles. The number of aromatic nitrogens is 2. The molecular weight excluding hydrogens is 482 g/mol. The highest BCUT2D eigenvalue weighted by molar-refractivity contribution is 7.99. The van der Waals surface area contributed by atoms with Crippen molar-refractivity contribution < 1.29 is 9.53 Å². The predicted molar refractivity (Wildman–Crippen MR) is 143 cm³/mol. The van der Waals surface area contributed by atoms with Crippen LogP contribution in [0.1, 0.15) is 12.5 Å². The minimum Gasteiger partial charge on any atom is -0.492 e. The second kappa shape index (κ2) is 12.1. The molecule has 2 heterocycles. The Morgan fingerprint density at radius 1 is 1.06 bits per heavy atom. The van der Waals surface area contributed by atoms with E-state index in [0.29, 0.717) is 36.6 Å². The van der Waals surface area contributed by atoms with Crippen LogP contribution in [0, 0.1) is 0 Å². The molecule has 0 radical (unpaired) electrons. The first-order valence-electron chi connectivity index (χ1n) is 11.7. The summed E-state index contributed by atoms with van der Waals surface area (Å²) in [5.74, 6) is 1.97.